The Morgan fingerprint density at radius 3 is 2.88 bits per heavy atom. The third-order valence-corrected chi connectivity index (χ3v) is 3.58. The predicted octanol–water partition coefficient (Wildman–Crippen LogP) is 2.88. The van der Waals surface area contributed by atoms with E-state index in [1.807, 2.05) is 0 Å². The molecule has 0 fully saturated rings. The largest absolute Gasteiger partial charge is 0.465 e. The van der Waals surface area contributed by atoms with Crippen molar-refractivity contribution >= 4 is 21.9 Å². The molecule has 0 N–H and O–H groups in total. The van der Waals surface area contributed by atoms with Gasteiger partial charge in [0.25, 0.3) is 5.92 Å². The number of ether oxygens (including phenoxy) is 1. The molecule has 1 aromatic carbocycles. The Balaban J connectivity index is 2.48. The molecule has 1 aliphatic rings. The summed E-state index contributed by atoms with van der Waals surface area (Å²) >= 11 is 2.95. The van der Waals surface area contributed by atoms with Gasteiger partial charge in [0.05, 0.1) is 17.5 Å². The minimum atomic E-state index is -2.93. The Hall–Kier alpha value is -0.970. The Morgan fingerprint density at radius 2 is 2.25 bits per heavy atom. The lowest BCUT2D eigenvalue weighted by Gasteiger charge is -2.14. The van der Waals surface area contributed by atoms with Gasteiger partial charge < -0.3 is 4.74 Å². The highest BCUT2D eigenvalue weighted by Gasteiger charge is 2.47. The molecule has 2 nitrogen and oxygen atoms in total. The Morgan fingerprint density at radius 1 is 1.56 bits per heavy atom. The van der Waals surface area contributed by atoms with Gasteiger partial charge in [-0.05, 0) is 24.1 Å². The van der Waals surface area contributed by atoms with E-state index in [0.717, 1.165) is 0 Å². The smallest absolute Gasteiger partial charge is 0.337 e. The van der Waals surface area contributed by atoms with E-state index in [9.17, 15) is 13.6 Å². The fraction of sp³-hybridized carbons (Fsp3) is 0.364. The molecule has 0 amide bonds. The van der Waals surface area contributed by atoms with E-state index in [-0.39, 0.29) is 17.5 Å². The zero-order valence-corrected chi connectivity index (χ0v) is 10.1. The van der Waals surface area contributed by atoms with E-state index in [0.29, 0.717) is 5.56 Å². The van der Waals surface area contributed by atoms with Gasteiger partial charge in [0.15, 0.2) is 0 Å². The quantitative estimate of drug-likeness (QED) is 0.587. The number of carbonyl (C=O) groups excluding carboxylic acids is 1. The molecule has 5 heteroatoms. The van der Waals surface area contributed by atoms with Crippen molar-refractivity contribution in [1.29, 1.82) is 0 Å². The SMILES string of the molecule is COC(=O)c1ccc2c(c1)C(F)(F)C(Br)C2. The normalized spacial score (nSPS) is 21.6. The van der Waals surface area contributed by atoms with E-state index >= 15 is 0 Å². The molecular formula is C11H9BrF2O2. The van der Waals surface area contributed by atoms with Gasteiger partial charge >= 0.3 is 5.97 Å². The van der Waals surface area contributed by atoms with Crippen molar-refractivity contribution in [3.8, 4) is 0 Å². The molecule has 1 unspecified atom stereocenters. The number of hydrogen-bond donors (Lipinski definition) is 0. The molecule has 0 aromatic heterocycles. The topological polar surface area (TPSA) is 26.3 Å². The average molecular weight is 291 g/mol. The van der Waals surface area contributed by atoms with E-state index in [1.54, 1.807) is 6.07 Å². The first kappa shape index (κ1) is 11.5. The van der Waals surface area contributed by atoms with Crippen molar-refractivity contribution in [2.45, 2.75) is 17.2 Å². The number of rotatable bonds is 1. The molecule has 0 radical (unpaired) electrons. The second-order valence-corrected chi connectivity index (χ2v) is 4.76. The van der Waals surface area contributed by atoms with Crippen LogP contribution in [0.4, 0.5) is 8.78 Å². The zero-order valence-electron chi connectivity index (χ0n) is 8.47. The van der Waals surface area contributed by atoms with Crippen molar-refractivity contribution in [2.24, 2.45) is 0 Å². The lowest BCUT2D eigenvalue weighted by atomic mass is 10.1. The first-order chi connectivity index (χ1) is 7.46. The number of carbonyl (C=O) groups is 1. The zero-order chi connectivity index (χ0) is 11.9. The first-order valence-corrected chi connectivity index (χ1v) is 5.62. The molecule has 0 aliphatic heterocycles. The molecule has 0 heterocycles. The number of methoxy groups -OCH3 is 1. The Bertz CT molecular complexity index is 446. The highest BCUT2D eigenvalue weighted by molar-refractivity contribution is 9.09. The van der Waals surface area contributed by atoms with Gasteiger partial charge in [-0.1, -0.05) is 22.0 Å². The van der Waals surface area contributed by atoms with E-state index in [1.165, 1.54) is 19.2 Å². The number of fused-ring (bicyclic) bond motifs is 1. The molecular weight excluding hydrogens is 282 g/mol. The third kappa shape index (κ3) is 1.63. The van der Waals surface area contributed by atoms with E-state index < -0.39 is 16.7 Å². The standard InChI is InChI=1S/C11H9BrF2O2/c1-16-10(15)7-3-2-6-5-9(12)11(13,14)8(6)4-7/h2-4,9H,5H2,1H3. The number of alkyl halides is 3. The first-order valence-electron chi connectivity index (χ1n) is 4.70. The Labute approximate surface area is 99.7 Å². The van der Waals surface area contributed by atoms with E-state index in [4.69, 9.17) is 0 Å². The van der Waals surface area contributed by atoms with Crippen LogP contribution in [0, 0.1) is 0 Å². The molecule has 0 saturated heterocycles. The van der Waals surface area contributed by atoms with Gasteiger partial charge in [-0.3, -0.25) is 0 Å². The van der Waals surface area contributed by atoms with Crippen LogP contribution in [0.25, 0.3) is 0 Å². The van der Waals surface area contributed by atoms with E-state index in [2.05, 4.69) is 20.7 Å². The lowest BCUT2D eigenvalue weighted by Crippen LogP contribution is -2.20. The summed E-state index contributed by atoms with van der Waals surface area (Å²) in [7, 11) is 1.22. The molecule has 1 atom stereocenters. The van der Waals surface area contributed by atoms with Gasteiger partial charge in [-0.15, -0.1) is 0 Å². The van der Waals surface area contributed by atoms with Crippen LogP contribution in [0.5, 0.6) is 0 Å². The molecule has 0 bridgehead atoms. The van der Waals surface area contributed by atoms with Crippen LogP contribution >= 0.6 is 15.9 Å². The van der Waals surface area contributed by atoms with Crippen LogP contribution in [0.2, 0.25) is 0 Å². The summed E-state index contributed by atoms with van der Waals surface area (Å²) in [6.45, 7) is 0. The summed E-state index contributed by atoms with van der Waals surface area (Å²) < 4.78 is 31.9. The summed E-state index contributed by atoms with van der Waals surface area (Å²) in [6.07, 6.45) is 0.268. The van der Waals surface area contributed by atoms with Crippen LogP contribution in [0.15, 0.2) is 18.2 Å². The van der Waals surface area contributed by atoms with Crippen LogP contribution in [-0.4, -0.2) is 17.9 Å². The summed E-state index contributed by atoms with van der Waals surface area (Å²) in [4.78, 5) is 10.3. The van der Waals surface area contributed by atoms with Gasteiger partial charge in [-0.2, -0.15) is 0 Å². The second kappa shape index (κ2) is 3.80. The molecule has 1 aromatic rings. The maximum absolute atomic E-state index is 13.7. The molecule has 86 valence electrons. The average Bonchev–Trinajstić information content (AvgIpc) is 2.49. The maximum atomic E-state index is 13.7. The van der Waals surface area contributed by atoms with Crippen LogP contribution in [0.3, 0.4) is 0 Å². The van der Waals surface area contributed by atoms with Crippen molar-refractivity contribution in [3.63, 3.8) is 0 Å². The van der Waals surface area contributed by atoms with Gasteiger partial charge in [0, 0.05) is 5.56 Å². The second-order valence-electron chi connectivity index (χ2n) is 3.66. The summed E-state index contributed by atoms with van der Waals surface area (Å²) in [6, 6.07) is 4.27. The summed E-state index contributed by atoms with van der Waals surface area (Å²) in [5.41, 5.74) is 0.638. The van der Waals surface area contributed by atoms with Crippen molar-refractivity contribution in [3.05, 3.63) is 34.9 Å². The fourth-order valence-corrected chi connectivity index (χ4v) is 2.39. The molecule has 0 spiro atoms. The van der Waals surface area contributed by atoms with Crippen molar-refractivity contribution < 1.29 is 18.3 Å². The van der Waals surface area contributed by atoms with Crippen molar-refractivity contribution in [1.82, 2.24) is 0 Å². The summed E-state index contributed by atoms with van der Waals surface area (Å²) in [5.74, 6) is -3.53. The molecule has 0 saturated carbocycles. The number of benzene rings is 1. The summed E-state index contributed by atoms with van der Waals surface area (Å²) in [5, 5.41) is 0. The monoisotopic (exact) mass is 290 g/mol. The fourth-order valence-electron chi connectivity index (χ4n) is 1.80. The van der Waals surface area contributed by atoms with Crippen LogP contribution in [-0.2, 0) is 17.1 Å². The number of halogens is 3. The van der Waals surface area contributed by atoms with Gasteiger partial charge in [-0.25, -0.2) is 13.6 Å². The predicted molar refractivity (Wildman–Crippen MR) is 58.1 cm³/mol. The number of esters is 1. The minimum absolute atomic E-state index is 0.0859. The molecule has 1 aliphatic carbocycles. The van der Waals surface area contributed by atoms with Gasteiger partial charge in [0.2, 0.25) is 0 Å². The Kier molecular flexibility index (Phi) is 2.74. The maximum Gasteiger partial charge on any atom is 0.337 e. The highest BCUT2D eigenvalue weighted by atomic mass is 79.9. The van der Waals surface area contributed by atoms with Crippen molar-refractivity contribution in [2.75, 3.05) is 7.11 Å². The minimum Gasteiger partial charge on any atom is -0.465 e. The molecule has 16 heavy (non-hydrogen) atoms. The number of hydrogen-bond acceptors (Lipinski definition) is 2. The molecule has 2 rings (SSSR count). The van der Waals surface area contributed by atoms with Crippen LogP contribution < -0.4 is 0 Å². The third-order valence-electron chi connectivity index (χ3n) is 2.68. The lowest BCUT2D eigenvalue weighted by molar-refractivity contribution is 0.00626. The highest BCUT2D eigenvalue weighted by Crippen LogP contribution is 2.45. The van der Waals surface area contributed by atoms with Gasteiger partial charge in [0.1, 0.15) is 0 Å². The van der Waals surface area contributed by atoms with Crippen LogP contribution in [0.1, 0.15) is 21.5 Å².